The standard InChI is InChI=1S/C20H21FN2O2.C4H6O4/c21-15-8-6-14(7-9-15)20(25,13-4-2-1-3-5-13)19(24)23-12-18-16-10-22-11-17(16)18;5-3(6)1-2-4(7)8/h1-9,16-18,22,25H,10-12H2,(H,23,24);1-2H2,(H,5,6)(H,7,8)/t16-,17+,18?,20?;. The highest BCUT2D eigenvalue weighted by molar-refractivity contribution is 5.90. The van der Waals surface area contributed by atoms with Crippen LogP contribution in [0.3, 0.4) is 0 Å². The van der Waals surface area contributed by atoms with Gasteiger partial charge in [0.15, 0.2) is 5.60 Å². The summed E-state index contributed by atoms with van der Waals surface area (Å²) in [6.45, 7) is 2.57. The maximum atomic E-state index is 13.3. The lowest BCUT2D eigenvalue weighted by molar-refractivity contribution is -0.143. The summed E-state index contributed by atoms with van der Waals surface area (Å²) in [4.78, 5) is 32.2. The number of aliphatic hydroxyl groups is 1. The summed E-state index contributed by atoms with van der Waals surface area (Å²) in [6, 6.07) is 14.2. The van der Waals surface area contributed by atoms with Crippen molar-refractivity contribution in [1.29, 1.82) is 0 Å². The van der Waals surface area contributed by atoms with E-state index in [1.165, 1.54) is 24.3 Å². The van der Waals surface area contributed by atoms with Crippen LogP contribution in [0.1, 0.15) is 24.0 Å². The molecule has 1 aliphatic carbocycles. The van der Waals surface area contributed by atoms with Crippen LogP contribution >= 0.6 is 0 Å². The first-order valence-electron chi connectivity index (χ1n) is 10.7. The van der Waals surface area contributed by atoms with Gasteiger partial charge in [0.2, 0.25) is 0 Å². The number of carboxylic acid groups (broad SMARTS) is 2. The average molecular weight is 458 g/mol. The number of fused-ring (bicyclic) bond motifs is 1. The van der Waals surface area contributed by atoms with Gasteiger partial charge in [-0.1, -0.05) is 42.5 Å². The van der Waals surface area contributed by atoms with Gasteiger partial charge in [-0.2, -0.15) is 0 Å². The number of hydrogen-bond acceptors (Lipinski definition) is 5. The van der Waals surface area contributed by atoms with Gasteiger partial charge in [0.05, 0.1) is 12.8 Å². The van der Waals surface area contributed by atoms with E-state index in [1.54, 1.807) is 24.3 Å². The molecule has 4 atom stereocenters. The molecule has 176 valence electrons. The van der Waals surface area contributed by atoms with Crippen LogP contribution in [0.4, 0.5) is 4.39 Å². The monoisotopic (exact) mass is 458 g/mol. The van der Waals surface area contributed by atoms with Gasteiger partial charge in [0.25, 0.3) is 5.91 Å². The number of nitrogens with one attached hydrogen (secondary N) is 2. The van der Waals surface area contributed by atoms with Crippen molar-refractivity contribution in [3.8, 4) is 0 Å². The number of benzene rings is 2. The van der Waals surface area contributed by atoms with E-state index in [2.05, 4.69) is 10.6 Å². The normalized spacial score (nSPS) is 22.2. The Morgan fingerprint density at radius 2 is 1.42 bits per heavy atom. The van der Waals surface area contributed by atoms with Gasteiger partial charge in [0, 0.05) is 6.54 Å². The molecule has 2 aromatic rings. The molecule has 1 saturated heterocycles. The third-order valence-corrected chi connectivity index (χ3v) is 6.10. The van der Waals surface area contributed by atoms with Gasteiger partial charge < -0.3 is 26.0 Å². The molecule has 1 amide bonds. The number of aliphatic carboxylic acids is 2. The van der Waals surface area contributed by atoms with E-state index >= 15 is 0 Å². The Hall–Kier alpha value is -3.30. The smallest absolute Gasteiger partial charge is 0.303 e. The maximum absolute atomic E-state index is 13.3. The van der Waals surface area contributed by atoms with Gasteiger partial charge in [-0.15, -0.1) is 0 Å². The van der Waals surface area contributed by atoms with Crippen molar-refractivity contribution in [2.24, 2.45) is 17.8 Å². The molecule has 5 N–H and O–H groups in total. The fourth-order valence-electron chi connectivity index (χ4n) is 4.20. The van der Waals surface area contributed by atoms with Gasteiger partial charge in [-0.3, -0.25) is 14.4 Å². The Balaban J connectivity index is 0.000000331. The largest absolute Gasteiger partial charge is 0.481 e. The summed E-state index contributed by atoms with van der Waals surface area (Å²) in [7, 11) is 0. The van der Waals surface area contributed by atoms with E-state index in [9.17, 15) is 23.9 Å². The van der Waals surface area contributed by atoms with E-state index in [-0.39, 0.29) is 12.8 Å². The van der Waals surface area contributed by atoms with E-state index in [1.807, 2.05) is 6.07 Å². The fourth-order valence-corrected chi connectivity index (χ4v) is 4.20. The minimum atomic E-state index is -1.84. The van der Waals surface area contributed by atoms with E-state index in [0.29, 0.717) is 35.4 Å². The van der Waals surface area contributed by atoms with E-state index < -0.39 is 29.3 Å². The molecule has 8 nitrogen and oxygen atoms in total. The maximum Gasteiger partial charge on any atom is 0.303 e. The summed E-state index contributed by atoms with van der Waals surface area (Å²) in [5.41, 5.74) is -1.01. The second-order valence-corrected chi connectivity index (χ2v) is 8.23. The number of amides is 1. The summed E-state index contributed by atoms with van der Waals surface area (Å²) in [5.74, 6) is -1.27. The van der Waals surface area contributed by atoms with E-state index in [0.717, 1.165) is 13.1 Å². The highest BCUT2D eigenvalue weighted by Crippen LogP contribution is 2.48. The highest BCUT2D eigenvalue weighted by Gasteiger charge is 2.53. The number of rotatable bonds is 8. The second-order valence-electron chi connectivity index (χ2n) is 8.23. The molecule has 33 heavy (non-hydrogen) atoms. The minimum Gasteiger partial charge on any atom is -0.481 e. The molecule has 0 spiro atoms. The fraction of sp³-hybridized carbons (Fsp3) is 0.375. The van der Waals surface area contributed by atoms with Crippen molar-refractivity contribution in [1.82, 2.24) is 10.6 Å². The van der Waals surface area contributed by atoms with Crippen molar-refractivity contribution in [3.63, 3.8) is 0 Å². The number of hydrogen-bond donors (Lipinski definition) is 5. The van der Waals surface area contributed by atoms with Crippen LogP contribution in [0.15, 0.2) is 54.6 Å². The van der Waals surface area contributed by atoms with Gasteiger partial charge in [-0.25, -0.2) is 4.39 Å². The zero-order valence-electron chi connectivity index (χ0n) is 17.9. The number of piperidine rings is 1. The lowest BCUT2D eigenvalue weighted by Crippen LogP contribution is -2.46. The SMILES string of the molecule is O=C(NCC1[C@H]2CNC[C@@H]12)C(O)(c1ccccc1)c1ccc(F)cc1.O=C(O)CCC(=O)O. The van der Waals surface area contributed by atoms with Crippen molar-refractivity contribution < 1.29 is 34.1 Å². The first kappa shape index (κ1) is 24.3. The third kappa shape index (κ3) is 5.94. The molecule has 0 radical (unpaired) electrons. The van der Waals surface area contributed by atoms with Gasteiger partial charge in [0.1, 0.15) is 5.82 Å². The van der Waals surface area contributed by atoms with Crippen LogP contribution in [-0.2, 0) is 20.0 Å². The zero-order chi connectivity index (χ0) is 24.0. The van der Waals surface area contributed by atoms with Crippen LogP contribution in [0.5, 0.6) is 0 Å². The topological polar surface area (TPSA) is 136 Å². The summed E-state index contributed by atoms with van der Waals surface area (Å²) < 4.78 is 13.3. The van der Waals surface area contributed by atoms with Crippen LogP contribution in [-0.4, -0.2) is 52.8 Å². The first-order chi connectivity index (χ1) is 15.7. The molecular weight excluding hydrogens is 431 g/mol. The highest BCUT2D eigenvalue weighted by atomic mass is 19.1. The summed E-state index contributed by atoms with van der Waals surface area (Å²) in [5, 5.41) is 33.3. The lowest BCUT2D eigenvalue weighted by atomic mass is 9.85. The number of halogens is 1. The van der Waals surface area contributed by atoms with Crippen molar-refractivity contribution in [3.05, 3.63) is 71.5 Å². The molecule has 0 aromatic heterocycles. The van der Waals surface area contributed by atoms with Crippen molar-refractivity contribution >= 4 is 17.8 Å². The number of carbonyl (C=O) groups is 3. The molecular formula is C24H27FN2O6. The molecule has 9 heteroatoms. The lowest BCUT2D eigenvalue weighted by Gasteiger charge is -2.28. The molecule has 1 saturated carbocycles. The third-order valence-electron chi connectivity index (χ3n) is 6.10. The molecule has 1 aliphatic heterocycles. The average Bonchev–Trinajstić information content (AvgIpc) is 3.22. The zero-order valence-corrected chi connectivity index (χ0v) is 17.9. The predicted octanol–water partition coefficient (Wildman–Crippen LogP) is 1.58. The predicted molar refractivity (Wildman–Crippen MR) is 117 cm³/mol. The molecule has 1 heterocycles. The summed E-state index contributed by atoms with van der Waals surface area (Å²) >= 11 is 0. The van der Waals surface area contributed by atoms with Crippen molar-refractivity contribution in [2.75, 3.05) is 19.6 Å². The van der Waals surface area contributed by atoms with Gasteiger partial charge >= 0.3 is 11.9 Å². The Labute approximate surface area is 190 Å². The Kier molecular flexibility index (Phi) is 7.78. The Morgan fingerprint density at radius 1 is 0.909 bits per heavy atom. The molecule has 2 unspecified atom stereocenters. The quantitative estimate of drug-likeness (QED) is 0.405. The van der Waals surface area contributed by atoms with Gasteiger partial charge in [-0.05, 0) is 54.1 Å². The second kappa shape index (κ2) is 10.5. The van der Waals surface area contributed by atoms with Crippen LogP contribution in [0.25, 0.3) is 0 Å². The van der Waals surface area contributed by atoms with E-state index in [4.69, 9.17) is 10.2 Å². The first-order valence-corrected chi connectivity index (χ1v) is 10.7. The summed E-state index contributed by atoms with van der Waals surface area (Å²) in [6.07, 6.45) is -0.593. The molecule has 2 aliphatic rings. The molecule has 0 bridgehead atoms. The van der Waals surface area contributed by atoms with Crippen LogP contribution < -0.4 is 10.6 Å². The Bertz CT molecular complexity index is 960. The number of carboxylic acids is 2. The minimum absolute atomic E-state index is 0.296. The molecule has 2 fully saturated rings. The van der Waals surface area contributed by atoms with Crippen LogP contribution in [0.2, 0.25) is 0 Å². The molecule has 4 rings (SSSR count). The van der Waals surface area contributed by atoms with Crippen LogP contribution in [0, 0.1) is 23.6 Å². The Morgan fingerprint density at radius 3 is 1.94 bits per heavy atom. The molecule has 2 aromatic carbocycles. The van der Waals surface area contributed by atoms with Crippen molar-refractivity contribution in [2.45, 2.75) is 18.4 Å². The number of carbonyl (C=O) groups excluding carboxylic acids is 1.